The molecule has 0 bridgehead atoms. The second-order valence-corrected chi connectivity index (χ2v) is 4.00. The summed E-state index contributed by atoms with van der Waals surface area (Å²) >= 11 is 0. The van der Waals surface area contributed by atoms with Gasteiger partial charge in [0.25, 0.3) is 5.91 Å². The number of aromatic nitrogens is 2. The van der Waals surface area contributed by atoms with Gasteiger partial charge in [-0.1, -0.05) is 0 Å². The molecule has 0 radical (unpaired) electrons. The highest BCUT2D eigenvalue weighted by Crippen LogP contribution is 2.16. The number of nitrogens with one attached hydrogen (secondary N) is 2. The minimum atomic E-state index is -0.220. The Morgan fingerprint density at radius 2 is 1.94 bits per heavy atom. The van der Waals surface area contributed by atoms with Gasteiger partial charge in [-0.25, -0.2) is 0 Å². The summed E-state index contributed by atoms with van der Waals surface area (Å²) in [6, 6.07) is 7.15. The Balaban J connectivity index is 2.13. The number of carbonyl (C=O) groups is 1. The molecule has 0 fully saturated rings. The summed E-state index contributed by atoms with van der Waals surface area (Å²) in [6.45, 7) is 3.74. The SMILES string of the molecule is COc1ccc(NC(=O)c2n[nH]c(C)c2C)cc1. The fourth-order valence-electron chi connectivity index (χ4n) is 1.57. The first-order valence-corrected chi connectivity index (χ1v) is 5.59. The average Bonchev–Trinajstić information content (AvgIpc) is 2.71. The van der Waals surface area contributed by atoms with E-state index in [0.717, 1.165) is 17.0 Å². The van der Waals surface area contributed by atoms with Crippen molar-refractivity contribution in [2.75, 3.05) is 12.4 Å². The third-order valence-electron chi connectivity index (χ3n) is 2.82. The zero-order chi connectivity index (χ0) is 13.1. The van der Waals surface area contributed by atoms with E-state index < -0.39 is 0 Å². The zero-order valence-corrected chi connectivity index (χ0v) is 10.6. The fourth-order valence-corrected chi connectivity index (χ4v) is 1.57. The molecule has 2 N–H and O–H groups in total. The number of methoxy groups -OCH3 is 1. The first-order chi connectivity index (χ1) is 8.61. The Morgan fingerprint density at radius 1 is 1.28 bits per heavy atom. The summed E-state index contributed by atoms with van der Waals surface area (Å²) in [6.07, 6.45) is 0. The first kappa shape index (κ1) is 12.2. The molecule has 0 aliphatic carbocycles. The predicted octanol–water partition coefficient (Wildman–Crippen LogP) is 2.29. The number of ether oxygens (including phenoxy) is 1. The molecule has 2 aromatic rings. The summed E-state index contributed by atoms with van der Waals surface area (Å²) in [4.78, 5) is 12.0. The molecule has 0 spiro atoms. The second kappa shape index (κ2) is 4.91. The van der Waals surface area contributed by atoms with Crippen LogP contribution in [0.1, 0.15) is 21.7 Å². The molecule has 94 valence electrons. The molecule has 1 aromatic carbocycles. The van der Waals surface area contributed by atoms with Crippen molar-refractivity contribution in [3.05, 3.63) is 41.2 Å². The number of H-pyrrole nitrogens is 1. The third-order valence-corrected chi connectivity index (χ3v) is 2.82. The van der Waals surface area contributed by atoms with Crippen LogP contribution in [0, 0.1) is 13.8 Å². The number of rotatable bonds is 3. The average molecular weight is 245 g/mol. The van der Waals surface area contributed by atoms with Gasteiger partial charge in [0.2, 0.25) is 0 Å². The fraction of sp³-hybridized carbons (Fsp3) is 0.231. The number of nitrogens with zero attached hydrogens (tertiary/aromatic N) is 1. The number of amides is 1. The maximum Gasteiger partial charge on any atom is 0.276 e. The van der Waals surface area contributed by atoms with Gasteiger partial charge < -0.3 is 10.1 Å². The van der Waals surface area contributed by atoms with Gasteiger partial charge in [0, 0.05) is 16.9 Å². The highest BCUT2D eigenvalue weighted by molar-refractivity contribution is 6.03. The van der Waals surface area contributed by atoms with E-state index in [1.165, 1.54) is 0 Å². The molecule has 0 saturated heterocycles. The number of benzene rings is 1. The molecule has 5 heteroatoms. The van der Waals surface area contributed by atoms with E-state index in [9.17, 15) is 4.79 Å². The Bertz CT molecular complexity index is 558. The normalized spacial score (nSPS) is 10.2. The van der Waals surface area contributed by atoms with Crippen LogP contribution >= 0.6 is 0 Å². The van der Waals surface area contributed by atoms with Crippen molar-refractivity contribution in [3.8, 4) is 5.75 Å². The molecule has 1 aromatic heterocycles. The van der Waals surface area contributed by atoms with Crippen molar-refractivity contribution in [2.24, 2.45) is 0 Å². The lowest BCUT2D eigenvalue weighted by Crippen LogP contribution is -2.13. The molecular weight excluding hydrogens is 230 g/mol. The van der Waals surface area contributed by atoms with Crippen molar-refractivity contribution >= 4 is 11.6 Å². The van der Waals surface area contributed by atoms with Crippen LogP contribution < -0.4 is 10.1 Å². The summed E-state index contributed by atoms with van der Waals surface area (Å²) in [7, 11) is 1.60. The molecule has 1 heterocycles. The van der Waals surface area contributed by atoms with E-state index in [4.69, 9.17) is 4.74 Å². The molecule has 18 heavy (non-hydrogen) atoms. The van der Waals surface area contributed by atoms with Crippen LogP contribution in [-0.2, 0) is 0 Å². The number of hydrogen-bond acceptors (Lipinski definition) is 3. The quantitative estimate of drug-likeness (QED) is 0.871. The van der Waals surface area contributed by atoms with Crippen molar-refractivity contribution in [1.29, 1.82) is 0 Å². The van der Waals surface area contributed by atoms with Crippen molar-refractivity contribution < 1.29 is 9.53 Å². The van der Waals surface area contributed by atoms with E-state index in [1.54, 1.807) is 31.4 Å². The zero-order valence-electron chi connectivity index (χ0n) is 10.6. The number of anilines is 1. The molecule has 5 nitrogen and oxygen atoms in total. The van der Waals surface area contributed by atoms with Gasteiger partial charge in [0.1, 0.15) is 5.75 Å². The lowest BCUT2D eigenvalue weighted by Gasteiger charge is -2.05. The second-order valence-electron chi connectivity index (χ2n) is 4.00. The number of aromatic amines is 1. The molecule has 0 aliphatic rings. The first-order valence-electron chi connectivity index (χ1n) is 5.59. The highest BCUT2D eigenvalue weighted by Gasteiger charge is 2.14. The lowest BCUT2D eigenvalue weighted by molar-refractivity contribution is 0.102. The summed E-state index contributed by atoms with van der Waals surface area (Å²) in [5.74, 6) is 0.529. The Morgan fingerprint density at radius 3 is 2.44 bits per heavy atom. The lowest BCUT2D eigenvalue weighted by atomic mass is 10.2. The Kier molecular flexibility index (Phi) is 3.32. The molecule has 0 aliphatic heterocycles. The van der Waals surface area contributed by atoms with Crippen molar-refractivity contribution in [1.82, 2.24) is 10.2 Å². The van der Waals surface area contributed by atoms with Gasteiger partial charge >= 0.3 is 0 Å². The Labute approximate surface area is 105 Å². The maximum atomic E-state index is 12.0. The third kappa shape index (κ3) is 2.34. The standard InChI is InChI=1S/C13H15N3O2/c1-8-9(2)15-16-12(8)13(17)14-10-4-6-11(18-3)7-5-10/h4-7H,1-3H3,(H,14,17)(H,15,16). The minimum Gasteiger partial charge on any atom is -0.497 e. The minimum absolute atomic E-state index is 0.220. The topological polar surface area (TPSA) is 67.0 Å². The highest BCUT2D eigenvalue weighted by atomic mass is 16.5. The van der Waals surface area contributed by atoms with Gasteiger partial charge in [-0.3, -0.25) is 9.89 Å². The van der Waals surface area contributed by atoms with Gasteiger partial charge in [-0.05, 0) is 38.1 Å². The van der Waals surface area contributed by atoms with Crippen LogP contribution in [0.4, 0.5) is 5.69 Å². The van der Waals surface area contributed by atoms with Crippen LogP contribution in [0.5, 0.6) is 5.75 Å². The molecule has 2 rings (SSSR count). The smallest absolute Gasteiger partial charge is 0.276 e. The number of aryl methyl sites for hydroxylation is 1. The van der Waals surface area contributed by atoms with Crippen LogP contribution in [0.2, 0.25) is 0 Å². The van der Waals surface area contributed by atoms with Gasteiger partial charge in [0.05, 0.1) is 7.11 Å². The predicted molar refractivity (Wildman–Crippen MR) is 69.0 cm³/mol. The molecular formula is C13H15N3O2. The van der Waals surface area contributed by atoms with Crippen molar-refractivity contribution in [3.63, 3.8) is 0 Å². The van der Waals surface area contributed by atoms with Gasteiger partial charge in [0.15, 0.2) is 5.69 Å². The summed E-state index contributed by atoms with van der Waals surface area (Å²) < 4.78 is 5.05. The van der Waals surface area contributed by atoms with Crippen molar-refractivity contribution in [2.45, 2.75) is 13.8 Å². The summed E-state index contributed by atoms with van der Waals surface area (Å²) in [5.41, 5.74) is 2.89. The summed E-state index contributed by atoms with van der Waals surface area (Å²) in [5, 5.41) is 9.56. The van der Waals surface area contributed by atoms with Crippen LogP contribution in [0.25, 0.3) is 0 Å². The van der Waals surface area contributed by atoms with Crippen LogP contribution in [-0.4, -0.2) is 23.2 Å². The molecule has 0 unspecified atom stereocenters. The van der Waals surface area contributed by atoms with E-state index in [2.05, 4.69) is 15.5 Å². The maximum absolute atomic E-state index is 12.0. The molecule has 0 atom stereocenters. The molecule has 1 amide bonds. The van der Waals surface area contributed by atoms with Crippen LogP contribution in [0.3, 0.4) is 0 Å². The largest absolute Gasteiger partial charge is 0.497 e. The number of carbonyl (C=O) groups excluding carboxylic acids is 1. The van der Waals surface area contributed by atoms with E-state index in [1.807, 2.05) is 13.8 Å². The van der Waals surface area contributed by atoms with E-state index in [-0.39, 0.29) is 5.91 Å². The van der Waals surface area contributed by atoms with E-state index in [0.29, 0.717) is 11.4 Å². The monoisotopic (exact) mass is 245 g/mol. The van der Waals surface area contributed by atoms with Crippen LogP contribution in [0.15, 0.2) is 24.3 Å². The van der Waals surface area contributed by atoms with Gasteiger partial charge in [-0.2, -0.15) is 5.10 Å². The van der Waals surface area contributed by atoms with Gasteiger partial charge in [-0.15, -0.1) is 0 Å². The Hall–Kier alpha value is -2.30. The van der Waals surface area contributed by atoms with E-state index >= 15 is 0 Å². The molecule has 0 saturated carbocycles. The number of hydrogen-bond donors (Lipinski definition) is 2.